The molecular weight excluding hydrogens is 386 g/mol. The first-order valence-corrected chi connectivity index (χ1v) is 10.7. The van der Waals surface area contributed by atoms with E-state index in [9.17, 15) is 22.0 Å². The zero-order valence-electron chi connectivity index (χ0n) is 15.1. The lowest BCUT2D eigenvalue weighted by atomic mass is 9.81. The number of amides is 1. The van der Waals surface area contributed by atoms with Gasteiger partial charge in [0.25, 0.3) is 0 Å². The van der Waals surface area contributed by atoms with Crippen molar-refractivity contribution < 1.29 is 22.0 Å². The van der Waals surface area contributed by atoms with Crippen LogP contribution in [0.1, 0.15) is 31.2 Å². The van der Waals surface area contributed by atoms with Crippen molar-refractivity contribution in [2.45, 2.75) is 36.0 Å². The number of hydrogen-bond acceptors (Lipinski definition) is 3. The minimum atomic E-state index is -4.50. The maximum Gasteiger partial charge on any atom is 0.246 e. The van der Waals surface area contributed by atoms with Crippen LogP contribution in [0.4, 0.5) is 14.5 Å². The Balaban J connectivity index is 1.55. The summed E-state index contributed by atoms with van der Waals surface area (Å²) in [5.74, 6) is -2.84. The van der Waals surface area contributed by atoms with Gasteiger partial charge in [0.2, 0.25) is 15.9 Å². The summed E-state index contributed by atoms with van der Waals surface area (Å²) in [6, 6.07) is 10.5. The molecular formula is C20H20F2N2O3S. The molecule has 148 valence electrons. The molecule has 0 radical (unpaired) electrons. The minimum absolute atomic E-state index is 0.0806. The predicted molar refractivity (Wildman–Crippen MR) is 100 cm³/mol. The van der Waals surface area contributed by atoms with Crippen LogP contribution in [0.5, 0.6) is 0 Å². The van der Waals surface area contributed by atoms with Gasteiger partial charge in [-0.15, -0.1) is 0 Å². The Labute approximate surface area is 162 Å². The molecule has 0 unspecified atom stereocenters. The maximum absolute atomic E-state index is 13.8. The van der Waals surface area contributed by atoms with Gasteiger partial charge in [0.15, 0.2) is 4.90 Å². The third-order valence-electron chi connectivity index (χ3n) is 5.69. The zero-order valence-corrected chi connectivity index (χ0v) is 15.9. The summed E-state index contributed by atoms with van der Waals surface area (Å²) in [7, 11) is -4.50. The number of rotatable bonds is 4. The Bertz CT molecular complexity index is 1010. The lowest BCUT2D eigenvalue weighted by molar-refractivity contribution is -0.117. The fourth-order valence-electron chi connectivity index (χ4n) is 4.40. The number of sulfonamides is 1. The standard InChI is InChI=1S/C20H20F2N2O3S/c21-15-7-5-8-16(22)19(15)28(26,27)23-12-18(25)24-13-20(10-3-4-11-20)14-6-1-2-9-17(14)24/h1-2,5-9,23H,3-4,10-13H2. The molecule has 8 heteroatoms. The van der Waals surface area contributed by atoms with Crippen LogP contribution >= 0.6 is 0 Å². The van der Waals surface area contributed by atoms with E-state index < -0.39 is 39.0 Å². The molecule has 0 atom stereocenters. The van der Waals surface area contributed by atoms with E-state index in [0.717, 1.165) is 55.1 Å². The van der Waals surface area contributed by atoms with Crippen LogP contribution in [0.25, 0.3) is 0 Å². The normalized spacial score (nSPS) is 17.9. The lowest BCUT2D eigenvalue weighted by Crippen LogP contribution is -2.42. The highest BCUT2D eigenvalue weighted by molar-refractivity contribution is 7.89. The summed E-state index contributed by atoms with van der Waals surface area (Å²) in [4.78, 5) is 13.3. The minimum Gasteiger partial charge on any atom is -0.310 e. The van der Waals surface area contributed by atoms with Crippen LogP contribution in [0.15, 0.2) is 47.4 Å². The lowest BCUT2D eigenvalue weighted by Gasteiger charge is -2.24. The van der Waals surface area contributed by atoms with Gasteiger partial charge in [-0.05, 0) is 36.6 Å². The van der Waals surface area contributed by atoms with Crippen molar-refractivity contribution >= 4 is 21.6 Å². The first-order valence-electron chi connectivity index (χ1n) is 9.18. The van der Waals surface area contributed by atoms with Gasteiger partial charge < -0.3 is 4.90 Å². The van der Waals surface area contributed by atoms with Crippen molar-refractivity contribution in [2.24, 2.45) is 0 Å². The number of carbonyl (C=O) groups is 1. The molecule has 1 aliphatic carbocycles. The zero-order chi connectivity index (χ0) is 19.9. The van der Waals surface area contributed by atoms with Gasteiger partial charge in [-0.2, -0.15) is 0 Å². The summed E-state index contributed by atoms with van der Waals surface area (Å²) in [6.07, 6.45) is 4.16. The Morgan fingerprint density at radius 1 is 1.04 bits per heavy atom. The van der Waals surface area contributed by atoms with E-state index >= 15 is 0 Å². The summed E-state index contributed by atoms with van der Waals surface area (Å²) in [5.41, 5.74) is 1.82. The number of fused-ring (bicyclic) bond motifs is 2. The number of nitrogens with one attached hydrogen (secondary N) is 1. The van der Waals surface area contributed by atoms with Crippen molar-refractivity contribution in [1.29, 1.82) is 0 Å². The second kappa shape index (κ2) is 6.93. The SMILES string of the molecule is O=C(CNS(=O)(=O)c1c(F)cccc1F)N1CC2(CCCC2)c2ccccc21. The molecule has 0 saturated heterocycles. The van der Waals surface area contributed by atoms with E-state index in [2.05, 4.69) is 0 Å². The summed E-state index contributed by atoms with van der Waals surface area (Å²) >= 11 is 0. The van der Waals surface area contributed by atoms with E-state index in [-0.39, 0.29) is 5.41 Å². The molecule has 0 aromatic heterocycles. The molecule has 2 aromatic rings. The quantitative estimate of drug-likeness (QED) is 0.849. The highest BCUT2D eigenvalue weighted by atomic mass is 32.2. The first-order chi connectivity index (χ1) is 13.3. The molecule has 1 saturated carbocycles. The van der Waals surface area contributed by atoms with Crippen molar-refractivity contribution in [3.05, 3.63) is 59.7 Å². The molecule has 2 aliphatic rings. The number of benzene rings is 2. The second-order valence-electron chi connectivity index (χ2n) is 7.36. The highest BCUT2D eigenvalue weighted by Crippen LogP contribution is 2.50. The smallest absolute Gasteiger partial charge is 0.246 e. The van der Waals surface area contributed by atoms with Crippen LogP contribution in [-0.4, -0.2) is 27.4 Å². The molecule has 1 fully saturated rings. The summed E-state index contributed by atoms with van der Waals surface area (Å²) < 4.78 is 54.3. The average molecular weight is 406 g/mol. The molecule has 1 aliphatic heterocycles. The van der Waals surface area contributed by atoms with Crippen LogP contribution in [0.3, 0.4) is 0 Å². The van der Waals surface area contributed by atoms with Crippen LogP contribution in [-0.2, 0) is 20.2 Å². The van der Waals surface area contributed by atoms with Gasteiger partial charge in [0.05, 0.1) is 6.54 Å². The molecule has 0 bridgehead atoms. The van der Waals surface area contributed by atoms with E-state index in [1.807, 2.05) is 29.0 Å². The molecule has 1 amide bonds. The Hall–Kier alpha value is -2.32. The fraction of sp³-hybridized carbons (Fsp3) is 0.350. The number of halogens is 2. The monoisotopic (exact) mass is 406 g/mol. The third kappa shape index (κ3) is 3.10. The van der Waals surface area contributed by atoms with Gasteiger partial charge in [-0.1, -0.05) is 37.1 Å². The molecule has 4 rings (SSSR count). The number of nitrogens with zero attached hydrogens (tertiary/aromatic N) is 1. The molecule has 1 N–H and O–H groups in total. The number of hydrogen-bond donors (Lipinski definition) is 1. The van der Waals surface area contributed by atoms with Gasteiger partial charge in [-0.3, -0.25) is 4.79 Å². The van der Waals surface area contributed by atoms with E-state index in [4.69, 9.17) is 0 Å². The first kappa shape index (κ1) is 19.0. The van der Waals surface area contributed by atoms with Gasteiger partial charge in [0.1, 0.15) is 11.6 Å². The number of para-hydroxylation sites is 1. The molecule has 1 spiro atoms. The fourth-order valence-corrected chi connectivity index (χ4v) is 5.50. The number of anilines is 1. The van der Waals surface area contributed by atoms with Crippen LogP contribution in [0, 0.1) is 11.6 Å². The molecule has 28 heavy (non-hydrogen) atoms. The number of carbonyl (C=O) groups excluding carboxylic acids is 1. The molecule has 2 aromatic carbocycles. The maximum atomic E-state index is 13.8. The van der Waals surface area contributed by atoms with Crippen molar-refractivity contribution in [3.63, 3.8) is 0 Å². The summed E-state index contributed by atoms with van der Waals surface area (Å²) in [6.45, 7) is -0.0680. The Morgan fingerprint density at radius 2 is 1.68 bits per heavy atom. The topological polar surface area (TPSA) is 66.5 Å². The predicted octanol–water partition coefficient (Wildman–Crippen LogP) is 3.10. The van der Waals surface area contributed by atoms with E-state index in [1.54, 1.807) is 4.90 Å². The Morgan fingerprint density at radius 3 is 2.36 bits per heavy atom. The summed E-state index contributed by atoms with van der Waals surface area (Å²) in [5, 5.41) is 0. The van der Waals surface area contributed by atoms with Crippen LogP contribution in [0.2, 0.25) is 0 Å². The molecule has 5 nitrogen and oxygen atoms in total. The van der Waals surface area contributed by atoms with Gasteiger partial charge in [0, 0.05) is 17.6 Å². The van der Waals surface area contributed by atoms with Crippen molar-refractivity contribution in [1.82, 2.24) is 4.72 Å². The largest absolute Gasteiger partial charge is 0.310 e. The molecule has 1 heterocycles. The van der Waals surface area contributed by atoms with Crippen molar-refractivity contribution in [3.8, 4) is 0 Å². The van der Waals surface area contributed by atoms with Crippen LogP contribution < -0.4 is 9.62 Å². The third-order valence-corrected chi connectivity index (χ3v) is 7.14. The van der Waals surface area contributed by atoms with Gasteiger partial charge >= 0.3 is 0 Å². The Kier molecular flexibility index (Phi) is 4.71. The van der Waals surface area contributed by atoms with E-state index in [1.165, 1.54) is 0 Å². The average Bonchev–Trinajstić information content (AvgIpc) is 3.26. The van der Waals surface area contributed by atoms with Crippen molar-refractivity contribution in [2.75, 3.05) is 18.0 Å². The second-order valence-corrected chi connectivity index (χ2v) is 9.06. The highest BCUT2D eigenvalue weighted by Gasteiger charge is 2.46. The van der Waals surface area contributed by atoms with Gasteiger partial charge in [-0.25, -0.2) is 21.9 Å². The van der Waals surface area contributed by atoms with E-state index in [0.29, 0.717) is 6.54 Å².